The van der Waals surface area contributed by atoms with Crippen molar-refractivity contribution in [1.29, 1.82) is 0 Å². The fourth-order valence-electron chi connectivity index (χ4n) is 3.81. The van der Waals surface area contributed by atoms with Gasteiger partial charge in [0.05, 0.1) is 22.7 Å². The van der Waals surface area contributed by atoms with Crippen molar-refractivity contribution in [2.75, 3.05) is 6.54 Å². The molecule has 1 amide bonds. The van der Waals surface area contributed by atoms with Gasteiger partial charge < -0.3 is 10.4 Å². The van der Waals surface area contributed by atoms with Gasteiger partial charge in [-0.2, -0.15) is 5.10 Å². The van der Waals surface area contributed by atoms with Crippen LogP contribution in [-0.2, 0) is 7.05 Å². The largest absolute Gasteiger partial charge is 0.393 e. The van der Waals surface area contributed by atoms with E-state index in [1.54, 1.807) is 4.68 Å². The van der Waals surface area contributed by atoms with Crippen molar-refractivity contribution in [3.05, 3.63) is 23.0 Å². The SMILES string of the molecule is Cc1nn(C)c2nc(C3CC3)cc(C(=O)NCC3CCCC3O)c12. The number of nitrogens with one attached hydrogen (secondary N) is 1. The topological polar surface area (TPSA) is 80.0 Å². The molecular weight excluding hydrogens is 304 g/mol. The average molecular weight is 328 g/mol. The number of rotatable bonds is 4. The summed E-state index contributed by atoms with van der Waals surface area (Å²) in [5.74, 6) is 0.566. The van der Waals surface area contributed by atoms with E-state index in [0.717, 1.165) is 54.5 Å². The van der Waals surface area contributed by atoms with Crippen LogP contribution >= 0.6 is 0 Å². The molecule has 2 aromatic rings. The Hall–Kier alpha value is -1.95. The van der Waals surface area contributed by atoms with Crippen LogP contribution in [0.4, 0.5) is 0 Å². The first kappa shape index (κ1) is 15.6. The van der Waals surface area contributed by atoms with E-state index in [1.807, 2.05) is 20.0 Å². The van der Waals surface area contributed by atoms with E-state index in [0.29, 0.717) is 18.0 Å². The van der Waals surface area contributed by atoms with E-state index in [4.69, 9.17) is 4.98 Å². The van der Waals surface area contributed by atoms with Crippen molar-refractivity contribution >= 4 is 16.9 Å². The summed E-state index contributed by atoms with van der Waals surface area (Å²) in [6.45, 7) is 2.44. The zero-order chi connectivity index (χ0) is 16.8. The number of carbonyl (C=O) groups excluding carboxylic acids is 1. The minimum Gasteiger partial charge on any atom is -0.393 e. The fourth-order valence-corrected chi connectivity index (χ4v) is 3.81. The van der Waals surface area contributed by atoms with Crippen molar-refractivity contribution in [3.8, 4) is 0 Å². The summed E-state index contributed by atoms with van der Waals surface area (Å²) in [5, 5.41) is 18.2. The normalized spacial score (nSPS) is 23.8. The molecule has 2 N–H and O–H groups in total. The monoisotopic (exact) mass is 328 g/mol. The van der Waals surface area contributed by atoms with Gasteiger partial charge >= 0.3 is 0 Å². The Kier molecular flexibility index (Phi) is 3.79. The summed E-state index contributed by atoms with van der Waals surface area (Å²) < 4.78 is 1.76. The Labute approximate surface area is 141 Å². The maximum atomic E-state index is 12.8. The third-order valence-corrected chi connectivity index (χ3v) is 5.37. The van der Waals surface area contributed by atoms with E-state index >= 15 is 0 Å². The molecule has 6 heteroatoms. The van der Waals surface area contributed by atoms with Crippen molar-refractivity contribution in [3.63, 3.8) is 0 Å². The quantitative estimate of drug-likeness (QED) is 0.900. The van der Waals surface area contributed by atoms with Gasteiger partial charge in [0.25, 0.3) is 5.91 Å². The highest BCUT2D eigenvalue weighted by Crippen LogP contribution is 2.40. The number of hydrogen-bond acceptors (Lipinski definition) is 4. The highest BCUT2D eigenvalue weighted by atomic mass is 16.3. The Bertz CT molecular complexity index is 794. The first-order chi connectivity index (χ1) is 11.5. The maximum absolute atomic E-state index is 12.8. The first-order valence-electron chi connectivity index (χ1n) is 8.85. The maximum Gasteiger partial charge on any atom is 0.252 e. The Morgan fingerprint density at radius 2 is 2.17 bits per heavy atom. The number of aliphatic hydroxyl groups is 1. The molecule has 2 aliphatic carbocycles. The third kappa shape index (κ3) is 2.69. The number of nitrogens with zero attached hydrogens (tertiary/aromatic N) is 3. The number of hydrogen-bond donors (Lipinski definition) is 2. The molecule has 2 atom stereocenters. The van der Waals surface area contributed by atoms with Gasteiger partial charge in [-0.05, 0) is 38.7 Å². The lowest BCUT2D eigenvalue weighted by Gasteiger charge is -2.15. The van der Waals surface area contributed by atoms with Crippen LogP contribution in [0.2, 0.25) is 0 Å². The first-order valence-corrected chi connectivity index (χ1v) is 8.85. The molecule has 0 saturated heterocycles. The van der Waals surface area contributed by atoms with Crippen molar-refractivity contribution in [2.24, 2.45) is 13.0 Å². The van der Waals surface area contributed by atoms with Gasteiger partial charge in [-0.1, -0.05) is 6.42 Å². The molecule has 24 heavy (non-hydrogen) atoms. The minimum absolute atomic E-state index is 0.0838. The lowest BCUT2D eigenvalue weighted by Crippen LogP contribution is -2.32. The molecule has 0 radical (unpaired) electrons. The van der Waals surface area contributed by atoms with E-state index in [1.165, 1.54) is 0 Å². The average Bonchev–Trinajstić information content (AvgIpc) is 3.27. The smallest absolute Gasteiger partial charge is 0.252 e. The van der Waals surface area contributed by atoms with Crippen molar-refractivity contribution < 1.29 is 9.90 Å². The summed E-state index contributed by atoms with van der Waals surface area (Å²) in [7, 11) is 1.87. The zero-order valence-electron chi connectivity index (χ0n) is 14.2. The number of amides is 1. The van der Waals surface area contributed by atoms with Gasteiger partial charge in [0.1, 0.15) is 0 Å². The van der Waals surface area contributed by atoms with Gasteiger partial charge in [-0.25, -0.2) is 4.98 Å². The van der Waals surface area contributed by atoms with E-state index in [9.17, 15) is 9.90 Å². The number of carbonyl (C=O) groups is 1. The second-order valence-corrected chi connectivity index (χ2v) is 7.24. The zero-order valence-corrected chi connectivity index (χ0v) is 14.2. The molecule has 2 aliphatic rings. The molecular formula is C18H24N4O2. The molecule has 0 spiro atoms. The second-order valence-electron chi connectivity index (χ2n) is 7.24. The Morgan fingerprint density at radius 3 is 2.83 bits per heavy atom. The van der Waals surface area contributed by atoms with Crippen molar-refractivity contribution in [1.82, 2.24) is 20.1 Å². The molecule has 2 aromatic heterocycles. The predicted molar refractivity (Wildman–Crippen MR) is 90.9 cm³/mol. The number of aromatic nitrogens is 3. The summed E-state index contributed by atoms with van der Waals surface area (Å²) in [6.07, 6.45) is 4.86. The highest BCUT2D eigenvalue weighted by molar-refractivity contribution is 6.06. The van der Waals surface area contributed by atoms with Gasteiger partial charge in [-0.3, -0.25) is 9.48 Å². The molecule has 4 rings (SSSR count). The second kappa shape index (κ2) is 5.84. The van der Waals surface area contributed by atoms with Crippen molar-refractivity contribution in [2.45, 2.75) is 51.0 Å². The molecule has 0 aromatic carbocycles. The van der Waals surface area contributed by atoms with Crippen LogP contribution in [0.3, 0.4) is 0 Å². The molecule has 6 nitrogen and oxygen atoms in total. The molecule has 0 aliphatic heterocycles. The summed E-state index contributed by atoms with van der Waals surface area (Å²) in [6, 6.07) is 1.94. The number of aryl methyl sites for hydroxylation is 2. The fraction of sp³-hybridized carbons (Fsp3) is 0.611. The molecule has 2 unspecified atom stereocenters. The number of fused-ring (bicyclic) bond motifs is 1. The molecule has 2 heterocycles. The molecule has 0 bridgehead atoms. The van der Waals surface area contributed by atoms with Crippen LogP contribution in [0.1, 0.15) is 59.8 Å². The van der Waals surface area contributed by atoms with Crippen LogP contribution in [-0.4, -0.2) is 38.4 Å². The lowest BCUT2D eigenvalue weighted by molar-refractivity contribution is 0.0918. The van der Waals surface area contributed by atoms with E-state index in [2.05, 4.69) is 10.4 Å². The third-order valence-electron chi connectivity index (χ3n) is 5.37. The van der Waals surface area contributed by atoms with Crippen LogP contribution in [0.15, 0.2) is 6.07 Å². The van der Waals surface area contributed by atoms with Gasteiger partial charge in [0.15, 0.2) is 5.65 Å². The predicted octanol–water partition coefficient (Wildman–Crippen LogP) is 2.04. The lowest BCUT2D eigenvalue weighted by atomic mass is 10.0. The molecule has 128 valence electrons. The Morgan fingerprint density at radius 1 is 1.38 bits per heavy atom. The van der Waals surface area contributed by atoms with Gasteiger partial charge in [-0.15, -0.1) is 0 Å². The number of pyridine rings is 1. The highest BCUT2D eigenvalue weighted by Gasteiger charge is 2.29. The van der Waals surface area contributed by atoms with Gasteiger partial charge in [0.2, 0.25) is 0 Å². The van der Waals surface area contributed by atoms with Gasteiger partial charge in [0, 0.05) is 31.1 Å². The summed E-state index contributed by atoms with van der Waals surface area (Å²) >= 11 is 0. The van der Waals surface area contributed by atoms with Crippen LogP contribution < -0.4 is 5.32 Å². The minimum atomic E-state index is -0.287. The van der Waals surface area contributed by atoms with Crippen LogP contribution in [0.5, 0.6) is 0 Å². The standard InChI is InChI=1S/C18H24N4O2/c1-10-16-13(18(24)19-9-12-4-3-5-15(12)23)8-14(11-6-7-11)20-17(16)22(2)21-10/h8,11-12,15,23H,3-7,9H2,1-2H3,(H,19,24). The van der Waals surface area contributed by atoms with Crippen LogP contribution in [0.25, 0.3) is 11.0 Å². The molecule has 2 saturated carbocycles. The summed E-state index contributed by atoms with van der Waals surface area (Å²) in [4.78, 5) is 17.6. The Balaban J connectivity index is 1.65. The van der Waals surface area contributed by atoms with E-state index in [-0.39, 0.29) is 17.9 Å². The molecule has 2 fully saturated rings. The number of aliphatic hydroxyl groups excluding tert-OH is 1. The summed E-state index contributed by atoms with van der Waals surface area (Å²) in [5.41, 5.74) is 3.27. The van der Waals surface area contributed by atoms with E-state index < -0.39 is 0 Å². The van der Waals surface area contributed by atoms with Crippen LogP contribution in [0, 0.1) is 12.8 Å².